The molecule has 0 unspecified atom stereocenters. The monoisotopic (exact) mass is 263 g/mol. The molecule has 1 N–H and O–H groups in total. The van der Waals surface area contributed by atoms with E-state index in [-0.39, 0.29) is 0 Å². The Kier molecular flexibility index (Phi) is 5.29. The summed E-state index contributed by atoms with van der Waals surface area (Å²) in [5, 5.41) is 3.45. The number of anilines is 1. The highest BCUT2D eigenvalue weighted by atomic mass is 15.2. The molecule has 108 valence electrons. The van der Waals surface area contributed by atoms with Crippen molar-refractivity contribution in [3.8, 4) is 0 Å². The number of hydrogen-bond acceptors (Lipinski definition) is 2. The smallest absolute Gasteiger partial charge is 0.203 e. The predicted molar refractivity (Wildman–Crippen MR) is 81.5 cm³/mol. The Labute approximate surface area is 117 Å². The van der Waals surface area contributed by atoms with Crippen molar-refractivity contribution in [1.82, 2.24) is 9.55 Å². The molecule has 0 amide bonds. The minimum absolute atomic E-state index is 0.846. The summed E-state index contributed by atoms with van der Waals surface area (Å²) in [7, 11) is 0. The number of imidazole rings is 1. The molecule has 0 aromatic carbocycles. The highest BCUT2D eigenvalue weighted by Crippen LogP contribution is 2.32. The van der Waals surface area contributed by atoms with Crippen LogP contribution in [-0.4, -0.2) is 16.1 Å². The van der Waals surface area contributed by atoms with Crippen molar-refractivity contribution in [2.24, 2.45) is 11.8 Å². The van der Waals surface area contributed by atoms with Gasteiger partial charge in [-0.15, -0.1) is 0 Å². The summed E-state index contributed by atoms with van der Waals surface area (Å²) >= 11 is 0. The van der Waals surface area contributed by atoms with Gasteiger partial charge in [-0.3, -0.25) is 0 Å². The molecular formula is C16H29N3. The average molecular weight is 263 g/mol. The van der Waals surface area contributed by atoms with Crippen LogP contribution in [0.4, 0.5) is 5.95 Å². The number of nitrogens with zero attached hydrogens (tertiary/aromatic N) is 2. The minimum atomic E-state index is 0.846. The van der Waals surface area contributed by atoms with E-state index in [2.05, 4.69) is 41.8 Å². The average Bonchev–Trinajstić information content (AvgIpc) is 2.77. The topological polar surface area (TPSA) is 29.9 Å². The lowest BCUT2D eigenvalue weighted by atomic mass is 9.81. The van der Waals surface area contributed by atoms with Crippen molar-refractivity contribution in [3.63, 3.8) is 0 Å². The predicted octanol–water partition coefficient (Wildman–Crippen LogP) is 4.23. The highest BCUT2D eigenvalue weighted by Gasteiger charge is 2.21. The molecule has 3 heteroatoms. The van der Waals surface area contributed by atoms with E-state index >= 15 is 0 Å². The molecule has 1 saturated carbocycles. The van der Waals surface area contributed by atoms with E-state index in [1.54, 1.807) is 0 Å². The summed E-state index contributed by atoms with van der Waals surface area (Å²) in [6.45, 7) is 8.76. The zero-order valence-electron chi connectivity index (χ0n) is 12.8. The summed E-state index contributed by atoms with van der Waals surface area (Å²) in [6.07, 6.45) is 10.3. The summed E-state index contributed by atoms with van der Waals surface area (Å²) in [5.74, 6) is 2.90. The van der Waals surface area contributed by atoms with Crippen molar-refractivity contribution >= 4 is 5.95 Å². The molecule has 2 rings (SSSR count). The molecule has 1 aliphatic rings. The van der Waals surface area contributed by atoms with Gasteiger partial charge in [-0.05, 0) is 38.0 Å². The molecule has 0 bridgehead atoms. The van der Waals surface area contributed by atoms with E-state index in [9.17, 15) is 0 Å². The van der Waals surface area contributed by atoms with Crippen molar-refractivity contribution < 1.29 is 0 Å². The Bertz CT molecular complexity index is 375. The number of hydrogen-bond donors (Lipinski definition) is 1. The van der Waals surface area contributed by atoms with Gasteiger partial charge in [0.15, 0.2) is 0 Å². The molecule has 1 heterocycles. The van der Waals surface area contributed by atoms with E-state index in [1.807, 2.05) is 0 Å². The fourth-order valence-electron chi connectivity index (χ4n) is 3.16. The first-order chi connectivity index (χ1) is 9.22. The van der Waals surface area contributed by atoms with Crippen molar-refractivity contribution in [3.05, 3.63) is 11.9 Å². The lowest BCUT2D eigenvalue weighted by Crippen LogP contribution is -2.19. The molecule has 0 aliphatic heterocycles. The van der Waals surface area contributed by atoms with Gasteiger partial charge in [-0.1, -0.05) is 33.1 Å². The zero-order valence-corrected chi connectivity index (χ0v) is 12.8. The number of nitrogens with one attached hydrogen (secondary N) is 1. The van der Waals surface area contributed by atoms with Crippen LogP contribution in [0.5, 0.6) is 0 Å². The van der Waals surface area contributed by atoms with Crippen molar-refractivity contribution in [2.75, 3.05) is 11.9 Å². The fraction of sp³-hybridized carbons (Fsp3) is 0.812. The minimum Gasteiger partial charge on any atom is -0.356 e. The van der Waals surface area contributed by atoms with Crippen LogP contribution in [0, 0.1) is 18.8 Å². The van der Waals surface area contributed by atoms with Gasteiger partial charge in [-0.2, -0.15) is 0 Å². The SMILES string of the molecule is CCCNc1nc(C)cn1CC1CCC(CC)CC1. The second-order valence-electron chi connectivity index (χ2n) is 6.08. The number of rotatable bonds is 6. The van der Waals surface area contributed by atoms with Gasteiger partial charge < -0.3 is 9.88 Å². The van der Waals surface area contributed by atoms with Crippen molar-refractivity contribution in [2.45, 2.75) is 65.8 Å². The van der Waals surface area contributed by atoms with Gasteiger partial charge in [0.05, 0.1) is 5.69 Å². The molecule has 0 saturated heterocycles. The molecule has 3 nitrogen and oxygen atoms in total. The van der Waals surface area contributed by atoms with E-state index in [1.165, 1.54) is 32.1 Å². The van der Waals surface area contributed by atoms with E-state index < -0.39 is 0 Å². The van der Waals surface area contributed by atoms with Gasteiger partial charge in [0.2, 0.25) is 5.95 Å². The molecule has 1 aliphatic carbocycles. The largest absolute Gasteiger partial charge is 0.356 e. The number of aryl methyl sites for hydroxylation is 1. The quantitative estimate of drug-likeness (QED) is 0.832. The molecular weight excluding hydrogens is 234 g/mol. The van der Waals surface area contributed by atoms with Crippen LogP contribution in [-0.2, 0) is 6.54 Å². The van der Waals surface area contributed by atoms with Gasteiger partial charge in [0.25, 0.3) is 0 Å². The van der Waals surface area contributed by atoms with E-state index in [0.717, 1.165) is 43.0 Å². The Hall–Kier alpha value is -0.990. The van der Waals surface area contributed by atoms with Gasteiger partial charge in [0.1, 0.15) is 0 Å². The van der Waals surface area contributed by atoms with Crippen LogP contribution < -0.4 is 5.32 Å². The molecule has 0 radical (unpaired) electrons. The molecule has 19 heavy (non-hydrogen) atoms. The first-order valence-electron chi connectivity index (χ1n) is 8.00. The lowest BCUT2D eigenvalue weighted by molar-refractivity contribution is 0.248. The summed E-state index contributed by atoms with van der Waals surface area (Å²) in [5.41, 5.74) is 1.13. The zero-order chi connectivity index (χ0) is 13.7. The maximum Gasteiger partial charge on any atom is 0.203 e. The third-order valence-corrected chi connectivity index (χ3v) is 4.43. The van der Waals surface area contributed by atoms with Gasteiger partial charge >= 0.3 is 0 Å². The third kappa shape index (κ3) is 3.99. The van der Waals surface area contributed by atoms with Crippen LogP contribution in [0.25, 0.3) is 0 Å². The fourth-order valence-corrected chi connectivity index (χ4v) is 3.16. The Morgan fingerprint density at radius 3 is 2.53 bits per heavy atom. The van der Waals surface area contributed by atoms with Crippen LogP contribution in [0.1, 0.15) is 58.1 Å². The van der Waals surface area contributed by atoms with Gasteiger partial charge in [-0.25, -0.2) is 4.98 Å². The maximum absolute atomic E-state index is 4.60. The van der Waals surface area contributed by atoms with Crippen LogP contribution in [0.15, 0.2) is 6.20 Å². The van der Waals surface area contributed by atoms with Crippen LogP contribution >= 0.6 is 0 Å². The Morgan fingerprint density at radius 1 is 1.21 bits per heavy atom. The molecule has 1 fully saturated rings. The molecule has 0 spiro atoms. The third-order valence-electron chi connectivity index (χ3n) is 4.43. The number of aromatic nitrogens is 2. The van der Waals surface area contributed by atoms with E-state index in [4.69, 9.17) is 0 Å². The highest BCUT2D eigenvalue weighted by molar-refractivity contribution is 5.28. The van der Waals surface area contributed by atoms with Crippen molar-refractivity contribution in [1.29, 1.82) is 0 Å². The second-order valence-corrected chi connectivity index (χ2v) is 6.08. The summed E-state index contributed by atoms with van der Waals surface area (Å²) < 4.78 is 2.34. The molecule has 1 aromatic rings. The normalized spacial score (nSPS) is 23.5. The summed E-state index contributed by atoms with van der Waals surface area (Å²) in [4.78, 5) is 4.60. The van der Waals surface area contributed by atoms with E-state index in [0.29, 0.717) is 0 Å². The first-order valence-corrected chi connectivity index (χ1v) is 8.00. The molecule has 1 aromatic heterocycles. The first kappa shape index (κ1) is 14.4. The summed E-state index contributed by atoms with van der Waals surface area (Å²) in [6, 6.07) is 0. The standard InChI is InChI=1S/C16H29N3/c1-4-10-17-16-18-13(3)11-19(16)12-15-8-6-14(5-2)7-9-15/h11,14-15H,4-10,12H2,1-3H3,(H,17,18). The van der Waals surface area contributed by atoms with Crippen LogP contribution in [0.2, 0.25) is 0 Å². The lowest BCUT2D eigenvalue weighted by Gasteiger charge is -2.28. The van der Waals surface area contributed by atoms with Crippen LogP contribution in [0.3, 0.4) is 0 Å². The Morgan fingerprint density at radius 2 is 1.89 bits per heavy atom. The second kappa shape index (κ2) is 6.97. The maximum atomic E-state index is 4.60. The van der Waals surface area contributed by atoms with Gasteiger partial charge in [0, 0.05) is 19.3 Å². The Balaban J connectivity index is 1.91. The molecule has 0 atom stereocenters.